The van der Waals surface area contributed by atoms with E-state index in [2.05, 4.69) is 98.9 Å². The van der Waals surface area contributed by atoms with Crippen molar-refractivity contribution in [2.75, 3.05) is 47.5 Å². The van der Waals surface area contributed by atoms with Crippen molar-refractivity contribution in [3.05, 3.63) is 85.1 Å². The maximum Gasteiger partial charge on any atom is 0.472 e. The zero-order chi connectivity index (χ0) is 42.8. The maximum absolute atomic E-state index is 12.7. The molecule has 0 rings (SSSR count). The molecule has 2 atom stereocenters. The van der Waals surface area contributed by atoms with Crippen LogP contribution in [-0.4, -0.2) is 74.9 Å². The zero-order valence-electron chi connectivity index (χ0n) is 37.2. The first kappa shape index (κ1) is 55.2. The van der Waals surface area contributed by atoms with Gasteiger partial charge in [0, 0.05) is 12.8 Å². The number of hydrogen-bond acceptors (Lipinski definition) is 7. The van der Waals surface area contributed by atoms with Gasteiger partial charge < -0.3 is 18.9 Å². The molecule has 0 aromatic carbocycles. The van der Waals surface area contributed by atoms with Gasteiger partial charge in [-0.25, -0.2) is 4.57 Å². The van der Waals surface area contributed by atoms with Crippen LogP contribution in [0.2, 0.25) is 0 Å². The Balaban J connectivity index is 4.44. The fourth-order valence-electron chi connectivity index (χ4n) is 5.42. The number of phosphoric ester groups is 1. The number of allylic oxidation sites excluding steroid dienone is 14. The summed E-state index contributed by atoms with van der Waals surface area (Å²) >= 11 is 0. The minimum absolute atomic E-state index is 0.0165. The van der Waals surface area contributed by atoms with Crippen LogP contribution in [0.15, 0.2) is 85.1 Å². The standard InChI is InChI=1S/C48H82NO8P/c1-6-8-10-12-14-16-18-20-22-23-24-25-27-28-30-32-34-36-38-40-47(50)54-44-46(45-56-58(52,53)55-43-42-49(3,4)5)57-48(51)41-39-37-35-33-31-29-26-21-19-17-15-13-11-9-7-2/h9,11,14-17,20-22,24-26,31,33,46H,6-8,10,12-13,18-19,23,27-30,32,34-45H2,1-5H3/p+1/b11-9-,16-14-,17-15-,22-20-,25-24-,26-21-,33-31-. The molecule has 0 aliphatic heterocycles. The summed E-state index contributed by atoms with van der Waals surface area (Å²) in [6.07, 6.45) is 50.6. The minimum Gasteiger partial charge on any atom is -0.462 e. The number of quaternary nitrogens is 1. The lowest BCUT2D eigenvalue weighted by molar-refractivity contribution is -0.870. The summed E-state index contributed by atoms with van der Waals surface area (Å²) in [7, 11) is 1.42. The SMILES string of the molecule is CC/C=C\C/C=C\C/C=C\C/C=C\CCCCC(=O)OC(COC(=O)CCCCCCCC/C=C\C/C=C\C/C=C\CCCCC)COP(=O)(O)OCC[N+](C)(C)C. The van der Waals surface area contributed by atoms with Gasteiger partial charge in [-0.3, -0.25) is 18.6 Å². The van der Waals surface area contributed by atoms with Gasteiger partial charge in [0.2, 0.25) is 0 Å². The van der Waals surface area contributed by atoms with Gasteiger partial charge in [0.1, 0.15) is 19.8 Å². The lowest BCUT2D eigenvalue weighted by Gasteiger charge is -2.24. The number of carbonyl (C=O) groups is 2. The zero-order valence-corrected chi connectivity index (χ0v) is 38.1. The number of rotatable bonds is 39. The molecule has 9 nitrogen and oxygen atoms in total. The van der Waals surface area contributed by atoms with E-state index in [1.54, 1.807) is 0 Å². The molecule has 0 aliphatic rings. The Bertz CT molecular complexity index is 1260. The van der Waals surface area contributed by atoms with E-state index in [0.29, 0.717) is 23.9 Å². The van der Waals surface area contributed by atoms with Crippen molar-refractivity contribution in [3.63, 3.8) is 0 Å². The number of phosphoric acid groups is 1. The van der Waals surface area contributed by atoms with Crippen LogP contribution in [0.3, 0.4) is 0 Å². The highest BCUT2D eigenvalue weighted by Gasteiger charge is 2.27. The Morgan fingerprint density at radius 3 is 1.50 bits per heavy atom. The third kappa shape index (κ3) is 42.8. The van der Waals surface area contributed by atoms with Crippen LogP contribution in [0.1, 0.15) is 155 Å². The van der Waals surface area contributed by atoms with Gasteiger partial charge >= 0.3 is 19.8 Å². The quantitative estimate of drug-likeness (QED) is 0.0214. The van der Waals surface area contributed by atoms with Crippen LogP contribution in [-0.2, 0) is 32.7 Å². The Labute approximate surface area is 354 Å². The monoisotopic (exact) mass is 833 g/mol. The molecule has 0 spiro atoms. The van der Waals surface area contributed by atoms with E-state index in [1.807, 2.05) is 21.1 Å². The molecular weight excluding hydrogens is 750 g/mol. The van der Waals surface area contributed by atoms with Gasteiger partial charge in [-0.05, 0) is 89.9 Å². The predicted molar refractivity (Wildman–Crippen MR) is 242 cm³/mol. The van der Waals surface area contributed by atoms with E-state index in [0.717, 1.165) is 83.5 Å². The average Bonchev–Trinajstić information content (AvgIpc) is 3.17. The summed E-state index contributed by atoms with van der Waals surface area (Å²) in [4.78, 5) is 35.4. The topological polar surface area (TPSA) is 108 Å². The van der Waals surface area contributed by atoms with Gasteiger partial charge in [-0.15, -0.1) is 0 Å². The number of unbranched alkanes of at least 4 members (excludes halogenated alkanes) is 11. The first-order chi connectivity index (χ1) is 28.0. The number of nitrogens with zero attached hydrogens (tertiary/aromatic N) is 1. The van der Waals surface area contributed by atoms with Crippen LogP contribution in [0.4, 0.5) is 0 Å². The predicted octanol–water partition coefficient (Wildman–Crippen LogP) is 12.8. The Hall–Kier alpha value is -2.81. The molecule has 0 aliphatic carbocycles. The molecule has 0 saturated carbocycles. The lowest BCUT2D eigenvalue weighted by atomic mass is 10.1. The van der Waals surface area contributed by atoms with Crippen LogP contribution >= 0.6 is 7.82 Å². The van der Waals surface area contributed by atoms with Crippen molar-refractivity contribution >= 4 is 19.8 Å². The van der Waals surface area contributed by atoms with E-state index in [9.17, 15) is 19.0 Å². The molecule has 0 aromatic heterocycles. The summed E-state index contributed by atoms with van der Waals surface area (Å²) in [5.41, 5.74) is 0. The first-order valence-electron chi connectivity index (χ1n) is 22.3. The lowest BCUT2D eigenvalue weighted by Crippen LogP contribution is -2.37. The number of hydrogen-bond donors (Lipinski definition) is 1. The van der Waals surface area contributed by atoms with Crippen molar-refractivity contribution in [1.29, 1.82) is 0 Å². The maximum atomic E-state index is 12.7. The van der Waals surface area contributed by atoms with Crippen LogP contribution < -0.4 is 0 Å². The number of likely N-dealkylation sites (N-methyl/N-ethyl adjacent to an activating group) is 1. The van der Waals surface area contributed by atoms with Crippen LogP contribution in [0.5, 0.6) is 0 Å². The molecule has 1 N–H and O–H groups in total. The van der Waals surface area contributed by atoms with Crippen molar-refractivity contribution in [3.8, 4) is 0 Å². The highest BCUT2D eigenvalue weighted by Crippen LogP contribution is 2.43. The average molecular weight is 833 g/mol. The van der Waals surface area contributed by atoms with Crippen molar-refractivity contribution < 1.29 is 42.1 Å². The molecule has 0 bridgehead atoms. The van der Waals surface area contributed by atoms with Gasteiger partial charge in [0.15, 0.2) is 6.10 Å². The molecule has 0 saturated heterocycles. The molecule has 10 heteroatoms. The van der Waals surface area contributed by atoms with E-state index in [-0.39, 0.29) is 26.1 Å². The fourth-order valence-corrected chi connectivity index (χ4v) is 6.16. The van der Waals surface area contributed by atoms with E-state index < -0.39 is 32.5 Å². The Morgan fingerprint density at radius 2 is 0.983 bits per heavy atom. The van der Waals surface area contributed by atoms with Gasteiger partial charge in [0.25, 0.3) is 0 Å². The second kappa shape index (κ2) is 39.6. The Morgan fingerprint density at radius 1 is 0.552 bits per heavy atom. The van der Waals surface area contributed by atoms with Crippen LogP contribution in [0.25, 0.3) is 0 Å². The summed E-state index contributed by atoms with van der Waals surface area (Å²) < 4.78 is 34.2. The smallest absolute Gasteiger partial charge is 0.462 e. The summed E-state index contributed by atoms with van der Waals surface area (Å²) in [5, 5.41) is 0. The normalized spacial score (nSPS) is 14.4. The summed E-state index contributed by atoms with van der Waals surface area (Å²) in [6, 6.07) is 0. The third-order valence-electron chi connectivity index (χ3n) is 8.91. The minimum atomic E-state index is -4.40. The molecular formula is C48H83NO8P+. The molecule has 332 valence electrons. The molecule has 58 heavy (non-hydrogen) atoms. The largest absolute Gasteiger partial charge is 0.472 e. The molecule has 0 radical (unpaired) electrons. The summed E-state index contributed by atoms with van der Waals surface area (Å²) in [6.45, 7) is 4.19. The van der Waals surface area contributed by atoms with Crippen molar-refractivity contribution in [1.82, 2.24) is 0 Å². The Kier molecular flexibility index (Phi) is 37.7. The third-order valence-corrected chi connectivity index (χ3v) is 9.89. The second-order valence-corrected chi connectivity index (χ2v) is 17.1. The van der Waals surface area contributed by atoms with E-state index in [1.165, 1.54) is 32.1 Å². The molecule has 0 aromatic rings. The fraction of sp³-hybridized carbons (Fsp3) is 0.667. The first-order valence-corrected chi connectivity index (χ1v) is 23.8. The second-order valence-electron chi connectivity index (χ2n) is 15.7. The summed E-state index contributed by atoms with van der Waals surface area (Å²) in [5.74, 6) is -0.871. The van der Waals surface area contributed by atoms with Gasteiger partial charge in [-0.1, -0.05) is 137 Å². The molecule has 2 unspecified atom stereocenters. The van der Waals surface area contributed by atoms with E-state index in [4.69, 9.17) is 18.5 Å². The van der Waals surface area contributed by atoms with Gasteiger partial charge in [-0.2, -0.15) is 0 Å². The number of carbonyl (C=O) groups excluding carboxylic acids is 2. The molecule has 0 heterocycles. The number of esters is 2. The molecule has 0 amide bonds. The molecule has 0 fully saturated rings. The van der Waals surface area contributed by atoms with E-state index >= 15 is 0 Å². The number of ether oxygens (including phenoxy) is 2. The highest BCUT2D eigenvalue weighted by molar-refractivity contribution is 7.47. The van der Waals surface area contributed by atoms with Crippen molar-refractivity contribution in [2.24, 2.45) is 0 Å². The van der Waals surface area contributed by atoms with Crippen molar-refractivity contribution in [2.45, 2.75) is 161 Å². The van der Waals surface area contributed by atoms with Crippen LogP contribution in [0, 0.1) is 0 Å². The van der Waals surface area contributed by atoms with Gasteiger partial charge in [0.05, 0.1) is 27.7 Å². The highest BCUT2D eigenvalue weighted by atomic mass is 31.2.